The van der Waals surface area contributed by atoms with Crippen LogP contribution in [0.2, 0.25) is 0 Å². The van der Waals surface area contributed by atoms with E-state index in [1.54, 1.807) is 0 Å². The van der Waals surface area contributed by atoms with Crippen LogP contribution in [0.15, 0.2) is 54.6 Å². The van der Waals surface area contributed by atoms with Crippen LogP contribution in [-0.2, 0) is 0 Å². The van der Waals surface area contributed by atoms with Crippen molar-refractivity contribution in [2.75, 3.05) is 36.8 Å². The number of fused-ring (bicyclic) bond motifs is 1. The molecule has 1 aromatic heterocycles. The summed E-state index contributed by atoms with van der Waals surface area (Å²) < 4.78 is 0. The first kappa shape index (κ1) is 23.5. The number of hydrogen-bond acceptors (Lipinski definition) is 4. The Labute approximate surface area is 200 Å². The van der Waals surface area contributed by atoms with Crippen molar-refractivity contribution in [3.63, 3.8) is 0 Å². The number of benzene rings is 2. The van der Waals surface area contributed by atoms with Crippen LogP contribution < -0.4 is 21.3 Å². The molecule has 8 nitrogen and oxygen atoms in total. The summed E-state index contributed by atoms with van der Waals surface area (Å²) in [4.78, 5) is 31.6. The third-order valence-electron chi connectivity index (χ3n) is 6.12. The number of carbonyl (C=O) groups is 2. The van der Waals surface area contributed by atoms with E-state index in [1.807, 2.05) is 68.4 Å². The van der Waals surface area contributed by atoms with Crippen LogP contribution in [0.1, 0.15) is 24.1 Å². The smallest absolute Gasteiger partial charge is 0.319 e. The summed E-state index contributed by atoms with van der Waals surface area (Å²) in [7, 11) is 0. The second-order valence-electron chi connectivity index (χ2n) is 8.74. The Kier molecular flexibility index (Phi) is 7.59. The van der Waals surface area contributed by atoms with E-state index in [9.17, 15) is 9.59 Å². The van der Waals surface area contributed by atoms with Crippen LogP contribution in [-0.4, -0.2) is 54.2 Å². The van der Waals surface area contributed by atoms with E-state index in [-0.39, 0.29) is 18.1 Å². The molecule has 3 aromatic rings. The summed E-state index contributed by atoms with van der Waals surface area (Å²) in [6.07, 6.45) is 1.77. The summed E-state index contributed by atoms with van der Waals surface area (Å²) in [6, 6.07) is 17.2. The van der Waals surface area contributed by atoms with Crippen LogP contribution in [0.4, 0.5) is 21.0 Å². The van der Waals surface area contributed by atoms with Crippen molar-refractivity contribution in [1.82, 2.24) is 20.5 Å². The van der Waals surface area contributed by atoms with E-state index in [2.05, 4.69) is 31.2 Å². The van der Waals surface area contributed by atoms with Crippen LogP contribution in [0.3, 0.4) is 0 Å². The molecule has 0 saturated carbocycles. The Balaban J connectivity index is 1.17. The molecule has 1 fully saturated rings. The molecule has 8 heteroatoms. The Bertz CT molecular complexity index is 1160. The van der Waals surface area contributed by atoms with Gasteiger partial charge in [-0.05, 0) is 50.5 Å². The molecule has 178 valence electrons. The highest BCUT2D eigenvalue weighted by molar-refractivity contribution is 6.00. The van der Waals surface area contributed by atoms with Crippen molar-refractivity contribution in [3.8, 4) is 0 Å². The highest BCUT2D eigenvalue weighted by Gasteiger charge is 2.20. The lowest BCUT2D eigenvalue weighted by molar-refractivity contribution is 0.196. The molecule has 0 bridgehead atoms. The topological polar surface area (TPSA) is 98.4 Å². The van der Waals surface area contributed by atoms with E-state index >= 15 is 0 Å². The minimum absolute atomic E-state index is 0.153. The van der Waals surface area contributed by atoms with Gasteiger partial charge in [-0.1, -0.05) is 36.4 Å². The van der Waals surface area contributed by atoms with Crippen molar-refractivity contribution in [3.05, 3.63) is 65.9 Å². The fraction of sp³-hybridized carbons (Fsp3) is 0.346. The molecular weight excluding hydrogens is 428 g/mol. The molecule has 1 aliphatic rings. The van der Waals surface area contributed by atoms with Crippen molar-refractivity contribution < 1.29 is 9.59 Å². The second kappa shape index (κ2) is 11.0. The number of rotatable bonds is 6. The van der Waals surface area contributed by atoms with Gasteiger partial charge < -0.3 is 26.2 Å². The molecule has 4 N–H and O–H groups in total. The molecule has 2 heterocycles. The van der Waals surface area contributed by atoms with Crippen LogP contribution >= 0.6 is 0 Å². The highest BCUT2D eigenvalue weighted by Crippen LogP contribution is 2.22. The number of carbonyl (C=O) groups excluding carboxylic acids is 2. The van der Waals surface area contributed by atoms with Crippen LogP contribution in [0.25, 0.3) is 10.9 Å². The van der Waals surface area contributed by atoms with Gasteiger partial charge >= 0.3 is 12.1 Å². The summed E-state index contributed by atoms with van der Waals surface area (Å²) in [5.41, 5.74) is 4.35. The van der Waals surface area contributed by atoms with Crippen LogP contribution in [0, 0.1) is 13.8 Å². The highest BCUT2D eigenvalue weighted by atomic mass is 16.2. The maximum atomic E-state index is 12.4. The lowest BCUT2D eigenvalue weighted by Crippen LogP contribution is -2.47. The van der Waals surface area contributed by atoms with Crippen molar-refractivity contribution in [1.29, 1.82) is 0 Å². The average Bonchev–Trinajstić information content (AvgIpc) is 2.81. The zero-order valence-corrected chi connectivity index (χ0v) is 19.7. The number of aromatic nitrogens is 1. The first-order chi connectivity index (χ1) is 16.5. The quantitative estimate of drug-likeness (QED) is 0.442. The Morgan fingerprint density at radius 3 is 2.44 bits per heavy atom. The minimum Gasteiger partial charge on any atom is -0.337 e. The van der Waals surface area contributed by atoms with Crippen LogP contribution in [0.5, 0.6) is 0 Å². The molecule has 34 heavy (non-hydrogen) atoms. The van der Waals surface area contributed by atoms with Gasteiger partial charge in [-0.3, -0.25) is 4.98 Å². The maximum Gasteiger partial charge on any atom is 0.319 e. The Hall–Kier alpha value is -3.65. The molecule has 2 aromatic carbocycles. The fourth-order valence-electron chi connectivity index (χ4n) is 4.26. The number of piperidine rings is 1. The number of aryl methyl sites for hydroxylation is 2. The van der Waals surface area contributed by atoms with Crippen molar-refractivity contribution in [2.45, 2.75) is 32.7 Å². The molecule has 0 unspecified atom stereocenters. The molecule has 4 rings (SSSR count). The molecular formula is C26H32N6O2. The summed E-state index contributed by atoms with van der Waals surface area (Å²) in [6.45, 7) is 6.98. The van der Waals surface area contributed by atoms with Gasteiger partial charge in [0, 0.05) is 49.0 Å². The largest absolute Gasteiger partial charge is 0.337 e. The summed E-state index contributed by atoms with van der Waals surface area (Å²) in [5, 5.41) is 12.8. The second-order valence-corrected chi connectivity index (χ2v) is 8.74. The molecule has 0 atom stereocenters. The van der Waals surface area contributed by atoms with Gasteiger partial charge in [-0.2, -0.15) is 0 Å². The number of nitrogens with one attached hydrogen (secondary N) is 4. The standard InChI is InChI=1S/C26H32N6O2/c1-18-7-3-5-9-22(18)30-26(34)29-20-11-14-32(15-12-20)16-13-27-25(33)31-24-17-19(2)28-23-10-6-4-8-21(23)24/h3-10,17,20H,11-16H2,1-2H3,(H2,29,30,34)(H2,27,28,31,33). The zero-order chi connectivity index (χ0) is 23.9. The Morgan fingerprint density at radius 2 is 1.65 bits per heavy atom. The fourth-order valence-corrected chi connectivity index (χ4v) is 4.26. The monoisotopic (exact) mass is 460 g/mol. The first-order valence-corrected chi connectivity index (χ1v) is 11.7. The third kappa shape index (κ3) is 6.23. The molecule has 0 radical (unpaired) electrons. The van der Waals surface area contributed by atoms with Gasteiger partial charge in [0.15, 0.2) is 0 Å². The van der Waals surface area contributed by atoms with Gasteiger partial charge in [0.1, 0.15) is 0 Å². The average molecular weight is 461 g/mol. The lowest BCUT2D eigenvalue weighted by atomic mass is 10.1. The number of pyridine rings is 1. The SMILES string of the molecule is Cc1cc(NC(=O)NCCN2CCC(NC(=O)Nc3ccccc3C)CC2)c2ccccc2n1. The molecule has 1 saturated heterocycles. The van der Waals surface area contributed by atoms with Gasteiger partial charge in [-0.15, -0.1) is 0 Å². The summed E-state index contributed by atoms with van der Waals surface area (Å²) >= 11 is 0. The van der Waals surface area contributed by atoms with Gasteiger partial charge in [0.2, 0.25) is 0 Å². The van der Waals surface area contributed by atoms with Gasteiger partial charge in [0.25, 0.3) is 0 Å². The van der Waals surface area contributed by atoms with E-state index in [0.29, 0.717) is 6.54 Å². The van der Waals surface area contributed by atoms with E-state index in [4.69, 9.17) is 0 Å². The predicted molar refractivity (Wildman–Crippen MR) is 136 cm³/mol. The lowest BCUT2D eigenvalue weighted by Gasteiger charge is -2.32. The number of amides is 4. The van der Waals surface area contributed by atoms with E-state index in [1.165, 1.54) is 0 Å². The number of anilines is 2. The number of para-hydroxylation sites is 2. The molecule has 0 aliphatic carbocycles. The number of urea groups is 2. The molecule has 0 spiro atoms. The zero-order valence-electron chi connectivity index (χ0n) is 19.7. The third-order valence-corrected chi connectivity index (χ3v) is 6.12. The first-order valence-electron chi connectivity index (χ1n) is 11.7. The van der Waals surface area contributed by atoms with Gasteiger partial charge in [-0.25, -0.2) is 9.59 Å². The normalized spacial score (nSPS) is 14.5. The Morgan fingerprint density at radius 1 is 0.941 bits per heavy atom. The van der Waals surface area contributed by atoms with Crippen molar-refractivity contribution >= 4 is 34.3 Å². The van der Waals surface area contributed by atoms with E-state index in [0.717, 1.165) is 66.0 Å². The predicted octanol–water partition coefficient (Wildman–Crippen LogP) is 4.26. The van der Waals surface area contributed by atoms with Gasteiger partial charge in [0.05, 0.1) is 11.2 Å². The number of likely N-dealkylation sites (tertiary alicyclic amines) is 1. The maximum absolute atomic E-state index is 12.4. The van der Waals surface area contributed by atoms with E-state index < -0.39 is 0 Å². The molecule has 4 amide bonds. The molecule has 1 aliphatic heterocycles. The number of hydrogen-bond donors (Lipinski definition) is 4. The number of nitrogens with zero attached hydrogens (tertiary/aromatic N) is 2. The minimum atomic E-state index is -0.222. The summed E-state index contributed by atoms with van der Waals surface area (Å²) in [5.74, 6) is 0. The van der Waals surface area contributed by atoms with Crippen molar-refractivity contribution in [2.24, 2.45) is 0 Å².